The van der Waals surface area contributed by atoms with Gasteiger partial charge in [-0.1, -0.05) is 13.8 Å². The average Bonchev–Trinajstić information content (AvgIpc) is 2.16. The van der Waals surface area contributed by atoms with Crippen molar-refractivity contribution in [2.24, 2.45) is 5.92 Å². The molecule has 0 N–H and O–H groups in total. The molecule has 0 bridgehead atoms. The second-order valence-electron chi connectivity index (χ2n) is 5.11. The minimum absolute atomic E-state index is 0.0267. The van der Waals surface area contributed by atoms with Crippen LogP contribution in [0.1, 0.15) is 27.7 Å². The minimum Gasteiger partial charge on any atom is -0.447 e. The fourth-order valence-corrected chi connectivity index (χ4v) is 1.91. The third kappa shape index (κ3) is 4.39. The topological polar surface area (TPSA) is 32.8 Å². The Morgan fingerprint density at radius 1 is 1.12 bits per heavy atom. The predicted molar refractivity (Wildman–Crippen MR) is 64.5 cm³/mol. The quantitative estimate of drug-likeness (QED) is 0.738. The van der Waals surface area contributed by atoms with Gasteiger partial charge in [-0.25, -0.2) is 4.79 Å². The molecule has 1 fully saturated rings. The summed E-state index contributed by atoms with van der Waals surface area (Å²) in [5.74, 6) is 0.689. The van der Waals surface area contributed by atoms with Crippen molar-refractivity contribution in [1.29, 1.82) is 0 Å². The molecule has 1 amide bonds. The number of carbonyl (C=O) groups excluding carboxylic acids is 1. The molecule has 0 aromatic carbocycles. The summed E-state index contributed by atoms with van der Waals surface area (Å²) in [6.45, 7) is 12.8. The smallest absolute Gasteiger partial charge is 0.410 e. The molecule has 1 aliphatic rings. The first kappa shape index (κ1) is 13.3. The molecule has 1 rings (SSSR count). The molecule has 0 spiro atoms. The second-order valence-corrected chi connectivity index (χ2v) is 5.11. The summed E-state index contributed by atoms with van der Waals surface area (Å²) in [5.41, 5.74) is 0. The first-order valence-corrected chi connectivity index (χ1v) is 6.17. The van der Waals surface area contributed by atoms with Crippen LogP contribution in [0.4, 0.5) is 4.79 Å². The maximum absolute atomic E-state index is 11.6. The molecule has 1 saturated heterocycles. The van der Waals surface area contributed by atoms with Crippen molar-refractivity contribution in [1.82, 2.24) is 9.80 Å². The summed E-state index contributed by atoms with van der Waals surface area (Å²) in [7, 11) is 0. The van der Waals surface area contributed by atoms with E-state index in [1.54, 1.807) is 4.90 Å². The third-order valence-electron chi connectivity index (χ3n) is 2.59. The molecule has 0 radical (unpaired) electrons. The van der Waals surface area contributed by atoms with E-state index in [9.17, 15) is 4.79 Å². The van der Waals surface area contributed by atoms with Gasteiger partial charge < -0.3 is 9.64 Å². The zero-order valence-corrected chi connectivity index (χ0v) is 10.9. The zero-order valence-electron chi connectivity index (χ0n) is 10.9. The molecular formula is C12H24N2O2. The maximum Gasteiger partial charge on any atom is 0.410 e. The molecule has 94 valence electrons. The van der Waals surface area contributed by atoms with E-state index in [4.69, 9.17) is 4.74 Å². The van der Waals surface area contributed by atoms with Crippen molar-refractivity contribution >= 4 is 6.09 Å². The van der Waals surface area contributed by atoms with E-state index in [2.05, 4.69) is 18.7 Å². The lowest BCUT2D eigenvalue weighted by atomic mass is 10.2. The summed E-state index contributed by atoms with van der Waals surface area (Å²) >= 11 is 0. The fourth-order valence-electron chi connectivity index (χ4n) is 1.91. The third-order valence-corrected chi connectivity index (χ3v) is 2.59. The Labute approximate surface area is 98.5 Å². The largest absolute Gasteiger partial charge is 0.447 e. The molecule has 0 unspecified atom stereocenters. The van der Waals surface area contributed by atoms with E-state index in [-0.39, 0.29) is 12.2 Å². The van der Waals surface area contributed by atoms with Crippen LogP contribution in [0.5, 0.6) is 0 Å². The number of ether oxygens (including phenoxy) is 1. The van der Waals surface area contributed by atoms with E-state index in [1.165, 1.54) is 0 Å². The lowest BCUT2D eigenvalue weighted by Crippen LogP contribution is -2.49. The van der Waals surface area contributed by atoms with Crippen LogP contribution < -0.4 is 0 Å². The van der Waals surface area contributed by atoms with Gasteiger partial charge >= 0.3 is 6.09 Å². The van der Waals surface area contributed by atoms with Crippen LogP contribution in [0.15, 0.2) is 0 Å². The molecule has 0 aromatic rings. The van der Waals surface area contributed by atoms with Crippen molar-refractivity contribution < 1.29 is 9.53 Å². The van der Waals surface area contributed by atoms with Crippen molar-refractivity contribution in [3.05, 3.63) is 0 Å². The van der Waals surface area contributed by atoms with Gasteiger partial charge in [0.1, 0.15) is 0 Å². The summed E-state index contributed by atoms with van der Waals surface area (Å²) in [6.07, 6.45) is -0.194. The monoisotopic (exact) mass is 228 g/mol. The van der Waals surface area contributed by atoms with Gasteiger partial charge in [0.05, 0.1) is 6.10 Å². The number of amides is 1. The van der Waals surface area contributed by atoms with Crippen molar-refractivity contribution in [3.8, 4) is 0 Å². The number of nitrogens with zero attached hydrogens (tertiary/aromatic N) is 2. The highest BCUT2D eigenvalue weighted by Crippen LogP contribution is 2.07. The lowest BCUT2D eigenvalue weighted by molar-refractivity contribution is 0.0553. The van der Waals surface area contributed by atoms with Crippen molar-refractivity contribution in [2.45, 2.75) is 33.8 Å². The van der Waals surface area contributed by atoms with Gasteiger partial charge in [0.15, 0.2) is 0 Å². The highest BCUT2D eigenvalue weighted by atomic mass is 16.6. The van der Waals surface area contributed by atoms with E-state index >= 15 is 0 Å². The number of carbonyl (C=O) groups is 1. The predicted octanol–water partition coefficient (Wildman–Crippen LogP) is 1.80. The fraction of sp³-hybridized carbons (Fsp3) is 0.917. The highest BCUT2D eigenvalue weighted by Gasteiger charge is 2.22. The Kier molecular flexibility index (Phi) is 5.06. The maximum atomic E-state index is 11.6. The van der Waals surface area contributed by atoms with Gasteiger partial charge in [-0.15, -0.1) is 0 Å². The average molecular weight is 228 g/mol. The molecule has 0 aliphatic carbocycles. The summed E-state index contributed by atoms with van der Waals surface area (Å²) in [4.78, 5) is 15.8. The van der Waals surface area contributed by atoms with E-state index in [1.807, 2.05) is 13.8 Å². The van der Waals surface area contributed by atoms with Crippen LogP contribution in [0.2, 0.25) is 0 Å². The molecule has 0 saturated carbocycles. The molecular weight excluding hydrogens is 204 g/mol. The van der Waals surface area contributed by atoms with Gasteiger partial charge in [0, 0.05) is 32.7 Å². The Morgan fingerprint density at radius 3 is 2.12 bits per heavy atom. The van der Waals surface area contributed by atoms with Crippen molar-refractivity contribution in [2.75, 3.05) is 32.7 Å². The van der Waals surface area contributed by atoms with E-state index in [0.29, 0.717) is 5.92 Å². The standard InChI is InChI=1S/C12H24N2O2/c1-10(2)9-13-5-7-14(8-6-13)12(15)16-11(3)4/h10-11H,5-9H2,1-4H3. The van der Waals surface area contributed by atoms with Gasteiger partial charge in [-0.2, -0.15) is 0 Å². The van der Waals surface area contributed by atoms with Crippen LogP contribution in [-0.4, -0.2) is 54.7 Å². The molecule has 1 aliphatic heterocycles. The number of rotatable bonds is 3. The minimum atomic E-state index is -0.167. The van der Waals surface area contributed by atoms with E-state index in [0.717, 1.165) is 32.7 Å². The second kappa shape index (κ2) is 6.09. The summed E-state index contributed by atoms with van der Waals surface area (Å²) in [6, 6.07) is 0. The van der Waals surface area contributed by atoms with Crippen LogP contribution in [0.25, 0.3) is 0 Å². The van der Waals surface area contributed by atoms with Gasteiger partial charge in [0.25, 0.3) is 0 Å². The van der Waals surface area contributed by atoms with Gasteiger partial charge in [0.2, 0.25) is 0 Å². The summed E-state index contributed by atoms with van der Waals surface area (Å²) in [5, 5.41) is 0. The summed E-state index contributed by atoms with van der Waals surface area (Å²) < 4.78 is 5.17. The molecule has 0 aromatic heterocycles. The van der Waals surface area contributed by atoms with Crippen LogP contribution in [0, 0.1) is 5.92 Å². The number of hydrogen-bond acceptors (Lipinski definition) is 3. The normalized spacial score (nSPS) is 18.2. The molecule has 0 atom stereocenters. The SMILES string of the molecule is CC(C)CN1CCN(C(=O)OC(C)C)CC1. The zero-order chi connectivity index (χ0) is 12.1. The first-order valence-electron chi connectivity index (χ1n) is 6.17. The van der Waals surface area contributed by atoms with Crippen LogP contribution in [0.3, 0.4) is 0 Å². The molecule has 1 heterocycles. The molecule has 4 nitrogen and oxygen atoms in total. The number of hydrogen-bond donors (Lipinski definition) is 0. The van der Waals surface area contributed by atoms with Crippen LogP contribution >= 0.6 is 0 Å². The molecule has 4 heteroatoms. The first-order chi connectivity index (χ1) is 7.49. The number of piperazine rings is 1. The Balaban J connectivity index is 2.28. The molecule has 16 heavy (non-hydrogen) atoms. The Morgan fingerprint density at radius 2 is 1.69 bits per heavy atom. The Hall–Kier alpha value is -0.770. The highest BCUT2D eigenvalue weighted by molar-refractivity contribution is 5.67. The van der Waals surface area contributed by atoms with Crippen LogP contribution in [-0.2, 0) is 4.74 Å². The Bertz CT molecular complexity index is 221. The van der Waals surface area contributed by atoms with Gasteiger partial charge in [-0.05, 0) is 19.8 Å². The van der Waals surface area contributed by atoms with E-state index < -0.39 is 0 Å². The van der Waals surface area contributed by atoms with Gasteiger partial charge in [-0.3, -0.25) is 4.90 Å². The van der Waals surface area contributed by atoms with Crippen molar-refractivity contribution in [3.63, 3.8) is 0 Å². The lowest BCUT2D eigenvalue weighted by Gasteiger charge is -2.35.